The summed E-state index contributed by atoms with van der Waals surface area (Å²) in [5.74, 6) is 2.38. The maximum Gasteiger partial charge on any atom is 1.00 e. The van der Waals surface area contributed by atoms with Crippen molar-refractivity contribution in [2.45, 2.75) is 65.2 Å². The van der Waals surface area contributed by atoms with Gasteiger partial charge in [0.15, 0.2) is 0 Å². The Labute approximate surface area is 258 Å². The van der Waals surface area contributed by atoms with Crippen molar-refractivity contribution in [2.75, 3.05) is 27.2 Å². The summed E-state index contributed by atoms with van der Waals surface area (Å²) in [6.07, 6.45) is 3.74. The fourth-order valence-electron chi connectivity index (χ4n) is 3.77. The Balaban J connectivity index is -0.000000123. The van der Waals surface area contributed by atoms with E-state index in [1.54, 1.807) is 12.1 Å². The van der Waals surface area contributed by atoms with Crippen molar-refractivity contribution in [3.8, 4) is 0 Å². The van der Waals surface area contributed by atoms with Gasteiger partial charge in [0.2, 0.25) is 0 Å². The van der Waals surface area contributed by atoms with Crippen LogP contribution in [0.4, 0.5) is 0 Å². The Hall–Kier alpha value is 2.12. The second-order valence-corrected chi connectivity index (χ2v) is 11.4. The standard InChI is InChI=1S/C10H22N.C10H14O3S.CH4.ClH2.2Na.PS2/c1-5-9-7-11(3,4)8-10(9)6-2;1-3-8(2)9-4-6-10(7-5-9)14(11,12)13;;;;;1-3-2/h9-10H,5-8H2,1-4H3;4-8H,3H2,1-2H3,(H,11,12,13);1H4;1H2;;;/q+1;;;3*+1;-1/p-1. The van der Waals surface area contributed by atoms with Crippen molar-refractivity contribution < 1.29 is 89.0 Å². The van der Waals surface area contributed by atoms with E-state index in [2.05, 4.69) is 61.0 Å². The fourth-order valence-corrected chi connectivity index (χ4v) is 4.24. The molecule has 1 fully saturated rings. The molecule has 3 atom stereocenters. The van der Waals surface area contributed by atoms with Crippen LogP contribution in [0.3, 0.4) is 0 Å². The van der Waals surface area contributed by atoms with Crippen molar-refractivity contribution in [3.63, 3.8) is 0 Å². The third kappa shape index (κ3) is 17.5. The van der Waals surface area contributed by atoms with Crippen molar-refractivity contribution in [1.29, 1.82) is 0 Å². The average Bonchev–Trinajstić information content (AvgIpc) is 2.95. The number of nitrogens with zero attached hydrogens (tertiary/aromatic N) is 1. The van der Waals surface area contributed by atoms with Crippen LogP contribution in [0.25, 0.3) is 0 Å². The molecular weight excluding hydrogens is 523 g/mol. The Kier molecular flexibility index (Phi) is 30.8. The molecule has 32 heavy (non-hydrogen) atoms. The van der Waals surface area contributed by atoms with Gasteiger partial charge in [-0.25, -0.2) is 8.42 Å². The molecule has 3 unspecified atom stereocenters. The Morgan fingerprint density at radius 1 is 1.09 bits per heavy atom. The van der Waals surface area contributed by atoms with E-state index in [1.807, 2.05) is 0 Å². The van der Waals surface area contributed by atoms with Crippen LogP contribution in [0, 0.1) is 24.2 Å². The van der Waals surface area contributed by atoms with Gasteiger partial charge in [0.25, 0.3) is 0 Å². The van der Waals surface area contributed by atoms with Gasteiger partial charge in [0.1, 0.15) is 10.1 Å². The van der Waals surface area contributed by atoms with Crippen LogP contribution in [0.15, 0.2) is 29.2 Å². The molecule has 0 saturated carbocycles. The first-order chi connectivity index (χ1) is 12.9. The van der Waals surface area contributed by atoms with Crippen molar-refractivity contribution >= 4 is 38.8 Å². The molecule has 0 N–H and O–H groups in total. The van der Waals surface area contributed by atoms with Crippen LogP contribution in [-0.2, 0) is 30.8 Å². The van der Waals surface area contributed by atoms with Gasteiger partial charge in [0.05, 0.1) is 44.5 Å². The summed E-state index contributed by atoms with van der Waals surface area (Å²) in [5, 5.41) is 0. The molecule has 0 aliphatic carbocycles. The summed E-state index contributed by atoms with van der Waals surface area (Å²) in [5.41, 5.74) is 1.06. The molecule has 1 aliphatic rings. The number of halogens is 1. The predicted octanol–water partition coefficient (Wildman–Crippen LogP) is -0.802. The van der Waals surface area contributed by atoms with Gasteiger partial charge in [-0.05, 0) is 42.9 Å². The van der Waals surface area contributed by atoms with E-state index in [9.17, 15) is 13.0 Å². The number of benzene rings is 1. The minimum Gasteiger partial charge on any atom is -0.744 e. The summed E-state index contributed by atoms with van der Waals surface area (Å²) >= 11 is 4.17. The van der Waals surface area contributed by atoms with Gasteiger partial charge in [0, 0.05) is 11.8 Å². The molecule has 0 spiro atoms. The van der Waals surface area contributed by atoms with Crippen LogP contribution in [0.2, 0.25) is 0 Å². The number of rotatable bonds is 5. The van der Waals surface area contributed by atoms with Crippen molar-refractivity contribution in [3.05, 3.63) is 29.8 Å². The van der Waals surface area contributed by atoms with E-state index in [0.29, 0.717) is 5.92 Å². The summed E-state index contributed by atoms with van der Waals surface area (Å²) in [7, 11) is 4.96. The molecule has 0 amide bonds. The molecule has 178 valence electrons. The fraction of sp³-hybridized carbons (Fsp3) is 0.714. The summed E-state index contributed by atoms with van der Waals surface area (Å²) < 4.78 is 33.1. The van der Waals surface area contributed by atoms with E-state index in [4.69, 9.17) is 0 Å². The van der Waals surface area contributed by atoms with Gasteiger partial charge in [-0.1, -0.05) is 58.4 Å². The largest absolute Gasteiger partial charge is 1.00 e. The van der Waals surface area contributed by atoms with E-state index >= 15 is 0 Å². The summed E-state index contributed by atoms with van der Waals surface area (Å²) in [6, 6.07) is 6.12. The van der Waals surface area contributed by atoms with E-state index < -0.39 is 10.1 Å². The van der Waals surface area contributed by atoms with Gasteiger partial charge < -0.3 is 26.6 Å². The zero-order valence-electron chi connectivity index (χ0n) is 20.4. The van der Waals surface area contributed by atoms with E-state index in [1.165, 1.54) is 42.5 Å². The van der Waals surface area contributed by atoms with Gasteiger partial charge in [-0.15, -0.1) is 0 Å². The summed E-state index contributed by atoms with van der Waals surface area (Å²) in [4.78, 5) is -0.162. The average molecular weight is 564 g/mol. The van der Waals surface area contributed by atoms with Crippen molar-refractivity contribution in [2.24, 2.45) is 11.8 Å². The number of hydrogen-bond donors (Lipinski definition) is 0. The Morgan fingerprint density at radius 2 is 1.44 bits per heavy atom. The minimum atomic E-state index is -4.30. The maximum absolute atomic E-state index is 10.6. The van der Waals surface area contributed by atoms with E-state index in [-0.39, 0.29) is 83.8 Å². The number of likely N-dealkylation sites (tertiary alicyclic amines) is 1. The van der Waals surface area contributed by atoms with Gasteiger partial charge in [-0.2, -0.15) is 0 Å². The first-order valence-corrected chi connectivity index (χ1v) is 14.0. The first kappa shape index (κ1) is 44.1. The van der Waals surface area contributed by atoms with Gasteiger partial charge >= 0.3 is 59.1 Å². The van der Waals surface area contributed by atoms with Crippen LogP contribution in [-0.4, -0.2) is 44.6 Å². The zero-order valence-corrected chi connectivity index (χ0v) is 28.6. The van der Waals surface area contributed by atoms with Gasteiger partial charge in [-0.3, -0.25) is 0 Å². The monoisotopic (exact) mass is 563 g/mol. The molecule has 4 nitrogen and oxygen atoms in total. The molecule has 0 bridgehead atoms. The molecular formula is C21H41ClNNa2O3PS3+2. The SMILES string of the molecule is C.CCC(C)c1ccc(S(=O)(=O)[O-])cc1.CCC1C[N+](C)(C)CC1CC.[ClH2+].[Na+].[Na+].[P-]=S=S. The number of quaternary nitrogens is 1. The molecule has 2 rings (SSSR count). The quantitative estimate of drug-likeness (QED) is 0.204. The van der Waals surface area contributed by atoms with E-state index in [0.717, 1.165) is 33.3 Å². The summed E-state index contributed by atoms with van der Waals surface area (Å²) in [6.45, 7) is 11.6. The van der Waals surface area contributed by atoms with Crippen LogP contribution in [0.5, 0.6) is 0 Å². The third-order valence-electron chi connectivity index (χ3n) is 5.52. The first-order valence-electron chi connectivity index (χ1n) is 9.76. The maximum atomic E-state index is 10.6. The molecule has 1 aromatic carbocycles. The molecule has 0 radical (unpaired) electrons. The normalized spacial score (nSPS) is 18.8. The number of hydrogen-bond acceptors (Lipinski definition) is 4. The van der Waals surface area contributed by atoms with Crippen LogP contribution >= 0.6 is 8.02 Å². The smallest absolute Gasteiger partial charge is 0.744 e. The third-order valence-corrected chi connectivity index (χ3v) is 6.37. The molecule has 1 aromatic rings. The Bertz CT molecular complexity index is 718. The molecule has 1 heterocycles. The minimum absolute atomic E-state index is 0. The molecule has 1 saturated heterocycles. The van der Waals surface area contributed by atoms with Crippen LogP contribution < -0.4 is 59.1 Å². The second kappa shape index (κ2) is 22.3. The van der Waals surface area contributed by atoms with Crippen molar-refractivity contribution in [1.82, 2.24) is 0 Å². The second-order valence-electron chi connectivity index (χ2n) is 8.04. The molecule has 0 aromatic heterocycles. The Morgan fingerprint density at radius 3 is 1.69 bits per heavy atom. The zero-order chi connectivity index (χ0) is 22.0. The topological polar surface area (TPSA) is 57.2 Å². The molecule has 1 aliphatic heterocycles. The van der Waals surface area contributed by atoms with Crippen LogP contribution in [0.1, 0.15) is 65.9 Å². The predicted molar refractivity (Wildman–Crippen MR) is 134 cm³/mol. The molecule has 11 heteroatoms.